The highest BCUT2D eigenvalue weighted by molar-refractivity contribution is 5.31. The second-order valence-electron chi connectivity index (χ2n) is 6.18. The van der Waals surface area contributed by atoms with Gasteiger partial charge in [-0.25, -0.2) is 0 Å². The summed E-state index contributed by atoms with van der Waals surface area (Å²) in [4.78, 5) is 2.36. The lowest BCUT2D eigenvalue weighted by Crippen LogP contribution is -2.52. The summed E-state index contributed by atoms with van der Waals surface area (Å²) in [7, 11) is 2.15. The van der Waals surface area contributed by atoms with Gasteiger partial charge in [-0.05, 0) is 61.1 Å². The highest BCUT2D eigenvalue weighted by Crippen LogP contribution is 2.29. The first kappa shape index (κ1) is 16.2. The maximum absolute atomic E-state index is 4.21. The van der Waals surface area contributed by atoms with E-state index in [1.165, 1.54) is 5.57 Å². The average Bonchev–Trinajstić information content (AvgIpc) is 2.22. The average molecular weight is 235 g/mol. The molecule has 0 unspecified atom stereocenters. The Morgan fingerprint density at radius 1 is 1.06 bits per heavy atom. The molecule has 0 spiro atoms. The summed E-state index contributed by atoms with van der Waals surface area (Å²) in [6, 6.07) is 0. The van der Waals surface area contributed by atoms with Gasteiger partial charge in [0.25, 0.3) is 0 Å². The van der Waals surface area contributed by atoms with Gasteiger partial charge in [0, 0.05) is 11.1 Å². The van der Waals surface area contributed by atoms with Crippen LogP contribution in [0.25, 0.3) is 0 Å². The molecule has 0 aliphatic heterocycles. The van der Waals surface area contributed by atoms with Crippen molar-refractivity contribution in [3.05, 3.63) is 36.0 Å². The molecule has 0 saturated heterocycles. The van der Waals surface area contributed by atoms with Crippen LogP contribution < -0.4 is 0 Å². The van der Waals surface area contributed by atoms with Crippen LogP contribution in [0, 0.1) is 0 Å². The Bertz CT molecular complexity index is 324. The predicted octanol–water partition coefficient (Wildman–Crippen LogP) is 4.57. The van der Waals surface area contributed by atoms with Crippen molar-refractivity contribution in [2.24, 2.45) is 0 Å². The van der Waals surface area contributed by atoms with Crippen LogP contribution in [0.15, 0.2) is 36.0 Å². The number of allylic oxidation sites excluding steroid dienone is 3. The second-order valence-corrected chi connectivity index (χ2v) is 6.18. The number of hydrogen-bond donors (Lipinski definition) is 0. The van der Waals surface area contributed by atoms with E-state index in [2.05, 4.69) is 85.2 Å². The van der Waals surface area contributed by atoms with Gasteiger partial charge in [0.1, 0.15) is 0 Å². The highest BCUT2D eigenvalue weighted by atomic mass is 15.2. The van der Waals surface area contributed by atoms with Crippen LogP contribution in [0.5, 0.6) is 0 Å². The molecule has 0 rings (SSSR count). The van der Waals surface area contributed by atoms with E-state index in [1.807, 2.05) is 0 Å². The summed E-state index contributed by atoms with van der Waals surface area (Å²) >= 11 is 0. The molecule has 0 atom stereocenters. The standard InChI is InChI=1S/C16H29N/c1-10-13(2)11-12-14(3)16(7,8)17(9)15(4,5)6/h10-12H,3H2,1-2,4-9H3/b12-11-,13-10-. The number of likely N-dealkylation sites (N-methyl/N-ethyl adjacent to an activating group) is 1. The Morgan fingerprint density at radius 3 is 1.88 bits per heavy atom. The fraction of sp³-hybridized carbons (Fsp3) is 0.625. The fourth-order valence-corrected chi connectivity index (χ4v) is 1.59. The van der Waals surface area contributed by atoms with Crippen molar-refractivity contribution < 1.29 is 0 Å². The summed E-state index contributed by atoms with van der Waals surface area (Å²) in [5.74, 6) is 0. The molecule has 98 valence electrons. The van der Waals surface area contributed by atoms with Crippen molar-refractivity contribution in [2.75, 3.05) is 7.05 Å². The largest absolute Gasteiger partial charge is 0.292 e. The third kappa shape index (κ3) is 4.51. The van der Waals surface area contributed by atoms with E-state index in [0.29, 0.717) is 0 Å². The number of rotatable bonds is 4. The lowest BCUT2D eigenvalue weighted by molar-refractivity contribution is 0.0839. The zero-order valence-corrected chi connectivity index (χ0v) is 12.9. The monoisotopic (exact) mass is 235 g/mol. The first-order valence-corrected chi connectivity index (χ1v) is 6.27. The van der Waals surface area contributed by atoms with Gasteiger partial charge in [0.15, 0.2) is 0 Å². The van der Waals surface area contributed by atoms with Crippen LogP contribution in [0.1, 0.15) is 48.5 Å². The minimum atomic E-state index is -0.0389. The molecular weight excluding hydrogens is 206 g/mol. The van der Waals surface area contributed by atoms with Gasteiger partial charge in [-0.2, -0.15) is 0 Å². The molecule has 0 fully saturated rings. The molecule has 0 bridgehead atoms. The molecule has 0 aromatic heterocycles. The lowest BCUT2D eigenvalue weighted by atomic mass is 9.88. The zero-order valence-electron chi connectivity index (χ0n) is 12.9. The van der Waals surface area contributed by atoms with Gasteiger partial charge in [-0.1, -0.05) is 30.4 Å². The van der Waals surface area contributed by atoms with Gasteiger partial charge in [-0.3, -0.25) is 4.90 Å². The van der Waals surface area contributed by atoms with Crippen molar-refractivity contribution in [2.45, 2.75) is 59.5 Å². The predicted molar refractivity (Wildman–Crippen MR) is 79.3 cm³/mol. The van der Waals surface area contributed by atoms with Crippen molar-refractivity contribution in [1.29, 1.82) is 0 Å². The maximum atomic E-state index is 4.21. The minimum absolute atomic E-state index is 0.0389. The maximum Gasteiger partial charge on any atom is 0.0400 e. The van der Waals surface area contributed by atoms with Gasteiger partial charge < -0.3 is 0 Å². The van der Waals surface area contributed by atoms with E-state index >= 15 is 0 Å². The van der Waals surface area contributed by atoms with Crippen molar-refractivity contribution in [3.8, 4) is 0 Å². The van der Waals surface area contributed by atoms with E-state index in [4.69, 9.17) is 0 Å². The third-order valence-corrected chi connectivity index (χ3v) is 3.63. The smallest absolute Gasteiger partial charge is 0.0400 e. The summed E-state index contributed by atoms with van der Waals surface area (Å²) < 4.78 is 0. The van der Waals surface area contributed by atoms with E-state index < -0.39 is 0 Å². The van der Waals surface area contributed by atoms with E-state index in [0.717, 1.165) is 5.57 Å². The van der Waals surface area contributed by atoms with E-state index in [1.54, 1.807) is 0 Å². The summed E-state index contributed by atoms with van der Waals surface area (Å²) in [6.07, 6.45) is 6.35. The molecule has 1 nitrogen and oxygen atoms in total. The van der Waals surface area contributed by atoms with E-state index in [-0.39, 0.29) is 11.1 Å². The molecule has 0 amide bonds. The first-order valence-electron chi connectivity index (χ1n) is 6.27. The molecule has 1 heteroatoms. The SMILES string of the molecule is C=C(/C=C\C(C)=C/C)C(C)(C)N(C)C(C)(C)C. The molecule has 0 aliphatic rings. The van der Waals surface area contributed by atoms with Crippen LogP contribution >= 0.6 is 0 Å². The molecule has 0 radical (unpaired) electrons. The Balaban J connectivity index is 4.96. The van der Waals surface area contributed by atoms with E-state index in [9.17, 15) is 0 Å². The second kappa shape index (κ2) is 5.68. The summed E-state index contributed by atoms with van der Waals surface area (Å²) in [5.41, 5.74) is 2.50. The topological polar surface area (TPSA) is 3.24 Å². The van der Waals surface area contributed by atoms with Crippen LogP contribution in [-0.2, 0) is 0 Å². The first-order chi connectivity index (χ1) is 7.53. The van der Waals surface area contributed by atoms with Crippen molar-refractivity contribution >= 4 is 0 Å². The molecule has 17 heavy (non-hydrogen) atoms. The van der Waals surface area contributed by atoms with Crippen LogP contribution in [0.3, 0.4) is 0 Å². The van der Waals surface area contributed by atoms with Crippen LogP contribution in [0.4, 0.5) is 0 Å². The van der Waals surface area contributed by atoms with Gasteiger partial charge >= 0.3 is 0 Å². The summed E-state index contributed by atoms with van der Waals surface area (Å²) in [6.45, 7) is 19.5. The van der Waals surface area contributed by atoms with Gasteiger partial charge in [0.2, 0.25) is 0 Å². The van der Waals surface area contributed by atoms with Gasteiger partial charge in [0.05, 0.1) is 0 Å². The Hall–Kier alpha value is -0.820. The Morgan fingerprint density at radius 2 is 1.53 bits per heavy atom. The fourth-order valence-electron chi connectivity index (χ4n) is 1.59. The lowest BCUT2D eigenvalue weighted by Gasteiger charge is -2.45. The Kier molecular flexibility index (Phi) is 5.41. The third-order valence-electron chi connectivity index (χ3n) is 3.63. The highest BCUT2D eigenvalue weighted by Gasteiger charge is 2.32. The van der Waals surface area contributed by atoms with Crippen LogP contribution in [0.2, 0.25) is 0 Å². The van der Waals surface area contributed by atoms with Gasteiger partial charge in [-0.15, -0.1) is 0 Å². The molecule has 0 aromatic carbocycles. The quantitative estimate of drug-likeness (QED) is 0.645. The molecule has 0 saturated carbocycles. The number of hydrogen-bond acceptors (Lipinski definition) is 1. The Labute approximate surface area is 108 Å². The zero-order chi connectivity index (χ0) is 13.9. The molecule has 0 aromatic rings. The normalized spacial score (nSPS) is 14.8. The molecule has 0 N–H and O–H groups in total. The van der Waals surface area contributed by atoms with Crippen molar-refractivity contribution in [3.63, 3.8) is 0 Å². The molecule has 0 aliphatic carbocycles. The minimum Gasteiger partial charge on any atom is -0.292 e. The number of nitrogens with zero attached hydrogens (tertiary/aromatic N) is 1. The molecule has 0 heterocycles. The van der Waals surface area contributed by atoms with Crippen LogP contribution in [-0.4, -0.2) is 23.0 Å². The molecular formula is C16H29N. The summed E-state index contributed by atoms with van der Waals surface area (Å²) in [5, 5.41) is 0. The van der Waals surface area contributed by atoms with Crippen molar-refractivity contribution in [1.82, 2.24) is 4.90 Å².